The van der Waals surface area contributed by atoms with Gasteiger partial charge in [-0.15, -0.1) is 13.2 Å². The average Bonchev–Trinajstić information content (AvgIpc) is 2.61. The highest BCUT2D eigenvalue weighted by Crippen LogP contribution is 2.36. The van der Waals surface area contributed by atoms with E-state index >= 15 is 0 Å². The van der Waals surface area contributed by atoms with E-state index in [-0.39, 0.29) is 5.75 Å². The van der Waals surface area contributed by atoms with Crippen LogP contribution in [0.4, 0.5) is 19.0 Å². The van der Waals surface area contributed by atoms with Crippen LogP contribution in [0.25, 0.3) is 0 Å². The van der Waals surface area contributed by atoms with Gasteiger partial charge < -0.3 is 14.7 Å². The predicted octanol–water partition coefficient (Wildman–Crippen LogP) is 3.34. The fraction of sp³-hybridized carbons (Fsp3) is 0.333. The van der Waals surface area contributed by atoms with Gasteiger partial charge in [0.05, 0.1) is 11.2 Å². The summed E-state index contributed by atoms with van der Waals surface area (Å²) in [5.41, 5.74) is -0.442. The maximum Gasteiger partial charge on any atom is 0.573 e. The molecule has 0 unspecified atom stereocenters. The van der Waals surface area contributed by atoms with E-state index in [0.717, 1.165) is 0 Å². The van der Waals surface area contributed by atoms with Crippen LogP contribution in [0.3, 0.4) is 0 Å². The summed E-state index contributed by atoms with van der Waals surface area (Å²) in [6.45, 7) is 0.846. The first-order chi connectivity index (χ1) is 12.3. The predicted molar refractivity (Wildman–Crippen MR) is 87.4 cm³/mol. The number of rotatable bonds is 3. The Morgan fingerprint density at radius 2 is 1.92 bits per heavy atom. The van der Waals surface area contributed by atoms with Crippen molar-refractivity contribution >= 4 is 5.82 Å². The van der Waals surface area contributed by atoms with Gasteiger partial charge >= 0.3 is 6.36 Å². The van der Waals surface area contributed by atoms with Crippen LogP contribution in [0, 0.1) is 11.3 Å². The van der Waals surface area contributed by atoms with E-state index < -0.39 is 12.0 Å². The number of benzene rings is 1. The molecule has 0 saturated carbocycles. The number of ether oxygens (including phenoxy) is 1. The monoisotopic (exact) mass is 363 g/mol. The number of halogens is 3. The van der Waals surface area contributed by atoms with Crippen LogP contribution in [-0.4, -0.2) is 29.5 Å². The number of nitriles is 1. The minimum atomic E-state index is -4.78. The number of nitrogens with zero attached hydrogens (tertiary/aromatic N) is 3. The molecule has 0 aliphatic carbocycles. The molecule has 0 amide bonds. The van der Waals surface area contributed by atoms with Crippen molar-refractivity contribution in [2.75, 3.05) is 18.0 Å². The molecule has 2 aromatic rings. The second-order valence-electron chi connectivity index (χ2n) is 6.08. The molecule has 2 heterocycles. The van der Waals surface area contributed by atoms with Gasteiger partial charge in [0.15, 0.2) is 0 Å². The molecule has 5 nitrogen and oxygen atoms in total. The van der Waals surface area contributed by atoms with Crippen LogP contribution >= 0.6 is 0 Å². The van der Waals surface area contributed by atoms with Gasteiger partial charge in [-0.1, -0.05) is 12.1 Å². The van der Waals surface area contributed by atoms with E-state index in [4.69, 9.17) is 0 Å². The number of aromatic nitrogens is 1. The van der Waals surface area contributed by atoms with Gasteiger partial charge in [0.1, 0.15) is 17.6 Å². The van der Waals surface area contributed by atoms with Crippen LogP contribution in [0.1, 0.15) is 24.0 Å². The lowest BCUT2D eigenvalue weighted by Gasteiger charge is -2.39. The molecule has 1 aliphatic heterocycles. The van der Waals surface area contributed by atoms with E-state index in [1.165, 1.54) is 18.2 Å². The highest BCUT2D eigenvalue weighted by Gasteiger charge is 2.36. The third kappa shape index (κ3) is 3.89. The summed E-state index contributed by atoms with van der Waals surface area (Å²) < 4.78 is 41.1. The zero-order valence-corrected chi connectivity index (χ0v) is 13.7. The molecular formula is C18H16F3N3O2. The fourth-order valence-electron chi connectivity index (χ4n) is 3.10. The second-order valence-corrected chi connectivity index (χ2v) is 6.08. The van der Waals surface area contributed by atoms with Gasteiger partial charge in [0.2, 0.25) is 0 Å². The molecule has 0 atom stereocenters. The van der Waals surface area contributed by atoms with Gasteiger partial charge in [-0.2, -0.15) is 5.26 Å². The first-order valence-electron chi connectivity index (χ1n) is 7.99. The van der Waals surface area contributed by atoms with Gasteiger partial charge in [-0.05, 0) is 42.7 Å². The summed E-state index contributed by atoms with van der Waals surface area (Å²) >= 11 is 0. The van der Waals surface area contributed by atoms with Crippen LogP contribution in [-0.2, 0) is 5.60 Å². The summed E-state index contributed by atoms with van der Waals surface area (Å²) in [6, 6.07) is 10.8. The minimum Gasteiger partial charge on any atom is -0.406 e. The largest absolute Gasteiger partial charge is 0.573 e. The van der Waals surface area contributed by atoms with E-state index in [1.54, 1.807) is 24.4 Å². The highest BCUT2D eigenvalue weighted by molar-refractivity contribution is 5.54. The quantitative estimate of drug-likeness (QED) is 0.906. The van der Waals surface area contributed by atoms with Crippen molar-refractivity contribution in [1.29, 1.82) is 5.26 Å². The van der Waals surface area contributed by atoms with Crippen LogP contribution in [0.15, 0.2) is 42.6 Å². The first kappa shape index (κ1) is 18.0. The Labute approximate surface area is 148 Å². The van der Waals surface area contributed by atoms with Crippen molar-refractivity contribution in [1.82, 2.24) is 4.98 Å². The third-order valence-electron chi connectivity index (χ3n) is 4.40. The lowest BCUT2D eigenvalue weighted by molar-refractivity contribution is -0.274. The summed E-state index contributed by atoms with van der Waals surface area (Å²) in [4.78, 5) is 6.12. The molecule has 1 saturated heterocycles. The van der Waals surface area contributed by atoms with Gasteiger partial charge in [-0.3, -0.25) is 0 Å². The van der Waals surface area contributed by atoms with Crippen molar-refractivity contribution in [2.24, 2.45) is 0 Å². The second kappa shape index (κ2) is 6.84. The molecule has 0 bridgehead atoms. The molecule has 0 spiro atoms. The van der Waals surface area contributed by atoms with Crippen LogP contribution in [0.2, 0.25) is 0 Å². The Morgan fingerprint density at radius 1 is 1.19 bits per heavy atom. The molecule has 8 heteroatoms. The molecule has 1 aliphatic rings. The minimum absolute atomic E-state index is 0.296. The van der Waals surface area contributed by atoms with Crippen LogP contribution in [0.5, 0.6) is 5.75 Å². The van der Waals surface area contributed by atoms with Gasteiger partial charge in [-0.25, -0.2) is 4.98 Å². The Bertz CT molecular complexity index is 825. The number of hydrogen-bond acceptors (Lipinski definition) is 5. The maximum absolute atomic E-state index is 12.4. The molecule has 1 N–H and O–H groups in total. The lowest BCUT2D eigenvalue weighted by atomic mass is 9.84. The molecule has 3 rings (SSSR count). The molecular weight excluding hydrogens is 347 g/mol. The molecule has 136 valence electrons. The lowest BCUT2D eigenvalue weighted by Crippen LogP contribution is -2.43. The smallest absolute Gasteiger partial charge is 0.406 e. The van der Waals surface area contributed by atoms with E-state index in [1.807, 2.05) is 4.90 Å². The topological polar surface area (TPSA) is 69.4 Å². The van der Waals surface area contributed by atoms with Crippen molar-refractivity contribution in [2.45, 2.75) is 24.8 Å². The normalized spacial score (nSPS) is 16.8. The van der Waals surface area contributed by atoms with E-state index in [9.17, 15) is 23.5 Å². The van der Waals surface area contributed by atoms with Crippen molar-refractivity contribution in [3.8, 4) is 11.8 Å². The van der Waals surface area contributed by atoms with Crippen molar-refractivity contribution in [3.05, 3.63) is 53.7 Å². The Morgan fingerprint density at radius 3 is 2.58 bits per heavy atom. The Balaban J connectivity index is 1.76. The van der Waals surface area contributed by atoms with Crippen molar-refractivity contribution in [3.63, 3.8) is 0 Å². The first-order valence-corrected chi connectivity index (χ1v) is 7.99. The highest BCUT2D eigenvalue weighted by atomic mass is 19.4. The number of hydrogen-bond donors (Lipinski definition) is 1. The molecule has 1 aromatic carbocycles. The van der Waals surface area contributed by atoms with E-state index in [0.29, 0.717) is 42.9 Å². The summed E-state index contributed by atoms with van der Waals surface area (Å²) in [6.07, 6.45) is -2.60. The van der Waals surface area contributed by atoms with Gasteiger partial charge in [0.25, 0.3) is 0 Å². The van der Waals surface area contributed by atoms with E-state index in [2.05, 4.69) is 15.8 Å². The summed E-state index contributed by atoms with van der Waals surface area (Å²) in [5, 5.41) is 20.1. The number of aliphatic hydroxyl groups is 1. The summed E-state index contributed by atoms with van der Waals surface area (Å²) in [7, 11) is 0. The number of alkyl halides is 3. The zero-order chi connectivity index (χ0) is 18.8. The standard InChI is InChI=1S/C18H16F3N3O2/c19-18(20,21)26-15-5-1-4-14(11-15)17(25)6-9-24(10-7-17)16-13(12-22)3-2-8-23-16/h1-5,8,11,25H,6-7,9-10H2. The Hall–Kier alpha value is -2.79. The number of anilines is 1. The molecule has 1 fully saturated rings. The van der Waals surface area contributed by atoms with Crippen molar-refractivity contribution < 1.29 is 23.0 Å². The molecule has 26 heavy (non-hydrogen) atoms. The summed E-state index contributed by atoms with van der Waals surface area (Å²) in [5.74, 6) is 0.188. The zero-order valence-electron chi connectivity index (χ0n) is 13.7. The Kier molecular flexibility index (Phi) is 4.74. The van der Waals surface area contributed by atoms with Crippen LogP contribution < -0.4 is 9.64 Å². The van der Waals surface area contributed by atoms with Gasteiger partial charge in [0, 0.05) is 19.3 Å². The number of pyridine rings is 1. The number of piperidine rings is 1. The fourth-order valence-corrected chi connectivity index (χ4v) is 3.10. The average molecular weight is 363 g/mol. The third-order valence-corrected chi connectivity index (χ3v) is 4.40. The SMILES string of the molecule is N#Cc1cccnc1N1CCC(O)(c2cccc(OC(F)(F)F)c2)CC1. The molecule has 0 radical (unpaired) electrons. The maximum atomic E-state index is 12.4. The molecule has 1 aromatic heterocycles.